The number of nitrogens with one attached hydrogen (secondary N) is 1. The summed E-state index contributed by atoms with van der Waals surface area (Å²) in [7, 11) is 0.938. The van der Waals surface area contributed by atoms with Crippen LogP contribution in [0.25, 0.3) is 0 Å². The first kappa shape index (κ1) is 28.4. The van der Waals surface area contributed by atoms with Gasteiger partial charge in [0.2, 0.25) is 0 Å². The minimum atomic E-state index is -4.86. The van der Waals surface area contributed by atoms with Crippen LogP contribution in [0.4, 0.5) is 13.2 Å². The molecule has 0 aliphatic heterocycles. The summed E-state index contributed by atoms with van der Waals surface area (Å²) in [5.74, 6) is -0.188. The van der Waals surface area contributed by atoms with Gasteiger partial charge < -0.3 is 24.6 Å². The average Bonchev–Trinajstić information content (AvgIpc) is 2.88. The van der Waals surface area contributed by atoms with Gasteiger partial charge in [0.1, 0.15) is 18.1 Å². The van der Waals surface area contributed by atoms with E-state index in [1.54, 1.807) is 36.4 Å². The topological polar surface area (TPSA) is 101 Å². The van der Waals surface area contributed by atoms with Crippen molar-refractivity contribution in [2.75, 3.05) is 6.61 Å². The molecule has 38 heavy (non-hydrogen) atoms. The van der Waals surface area contributed by atoms with Crippen molar-refractivity contribution in [1.82, 2.24) is 5.32 Å². The van der Waals surface area contributed by atoms with Gasteiger partial charge in [0.15, 0.2) is 17.0 Å². The van der Waals surface area contributed by atoms with Crippen LogP contribution in [0.1, 0.15) is 36.2 Å². The van der Waals surface area contributed by atoms with Crippen molar-refractivity contribution in [1.29, 1.82) is 5.26 Å². The Morgan fingerprint density at radius 3 is 2.32 bits per heavy atom. The van der Waals surface area contributed by atoms with Crippen LogP contribution in [0.3, 0.4) is 0 Å². The van der Waals surface area contributed by atoms with E-state index >= 15 is 0 Å². The Balaban J connectivity index is 1.80. The molecule has 197 valence electrons. The molecule has 0 fully saturated rings. The van der Waals surface area contributed by atoms with Crippen LogP contribution in [0.15, 0.2) is 66.7 Å². The van der Waals surface area contributed by atoms with Gasteiger partial charge in [-0.2, -0.15) is 5.26 Å². The van der Waals surface area contributed by atoms with Gasteiger partial charge in [-0.15, -0.1) is 13.2 Å². The normalized spacial score (nSPS) is 12.6. The molecule has 2 N–H and O–H groups in total. The Kier molecular flexibility index (Phi) is 9.26. The highest BCUT2D eigenvalue weighted by molar-refractivity contribution is 6.48. The van der Waals surface area contributed by atoms with Gasteiger partial charge in [-0.25, -0.2) is 0 Å². The molecule has 11 heteroatoms. The van der Waals surface area contributed by atoms with E-state index in [1.807, 2.05) is 19.1 Å². The number of nitriles is 1. The highest BCUT2D eigenvalue weighted by Crippen LogP contribution is 2.32. The summed E-state index contributed by atoms with van der Waals surface area (Å²) in [4.78, 5) is 12.7. The monoisotopic (exact) mass is 525 g/mol. The van der Waals surface area contributed by atoms with E-state index < -0.39 is 23.6 Å². The molecule has 0 bridgehead atoms. The van der Waals surface area contributed by atoms with E-state index in [0.29, 0.717) is 17.6 Å². The van der Waals surface area contributed by atoms with E-state index in [4.69, 9.17) is 9.47 Å². The molecular formula is C27H25BF3N2O5. The fourth-order valence-corrected chi connectivity index (χ4v) is 3.52. The fourth-order valence-electron chi connectivity index (χ4n) is 3.52. The predicted molar refractivity (Wildman–Crippen MR) is 135 cm³/mol. The lowest BCUT2D eigenvalue weighted by Crippen LogP contribution is -2.49. The largest absolute Gasteiger partial charge is 0.573 e. The number of rotatable bonds is 11. The van der Waals surface area contributed by atoms with Gasteiger partial charge in [-0.3, -0.25) is 4.79 Å². The molecule has 0 aromatic heterocycles. The summed E-state index contributed by atoms with van der Waals surface area (Å²) < 4.78 is 52.9. The summed E-state index contributed by atoms with van der Waals surface area (Å²) in [5.41, 5.74) is -0.234. The number of para-hydroxylation sites is 1. The van der Waals surface area contributed by atoms with Crippen molar-refractivity contribution in [2.24, 2.45) is 0 Å². The highest BCUT2D eigenvalue weighted by Gasteiger charge is 2.32. The Morgan fingerprint density at radius 2 is 1.74 bits per heavy atom. The number of hydrogen-bond acceptors (Lipinski definition) is 6. The van der Waals surface area contributed by atoms with Gasteiger partial charge in [0, 0.05) is 5.56 Å². The third-order valence-electron chi connectivity index (χ3n) is 5.36. The molecule has 1 unspecified atom stereocenters. The van der Waals surface area contributed by atoms with Crippen LogP contribution in [-0.2, 0) is 6.42 Å². The average molecular weight is 525 g/mol. The number of benzene rings is 3. The summed E-state index contributed by atoms with van der Waals surface area (Å²) in [6.45, 7) is 3.14. The van der Waals surface area contributed by atoms with Crippen molar-refractivity contribution in [3.05, 3.63) is 77.9 Å². The molecule has 0 saturated heterocycles. The predicted octanol–water partition coefficient (Wildman–Crippen LogP) is 4.66. The smallest absolute Gasteiger partial charge is 0.486 e. The molecule has 3 rings (SSSR count). The standard InChI is InChI=1S/C27H25BF3N2O5/c1-3-7-18-12-15-22(24(23(18)28-35)37-20-8-5-4-6-9-20)36-17-26(2,16-32)33-25(34)19-10-13-21(14-11-19)38-27(29,30)31/h4-6,8-15,35H,3,7,17H2,1-2H3,(H,33,34). The first-order chi connectivity index (χ1) is 18.1. The van der Waals surface area contributed by atoms with Crippen LogP contribution in [0, 0.1) is 11.3 Å². The highest BCUT2D eigenvalue weighted by atomic mass is 19.4. The van der Waals surface area contributed by atoms with E-state index in [9.17, 15) is 28.3 Å². The van der Waals surface area contributed by atoms with Crippen molar-refractivity contribution in [3.8, 4) is 29.1 Å². The maximum Gasteiger partial charge on any atom is 0.573 e. The van der Waals surface area contributed by atoms with E-state index in [0.717, 1.165) is 43.7 Å². The van der Waals surface area contributed by atoms with Crippen LogP contribution < -0.4 is 25.0 Å². The lowest BCUT2D eigenvalue weighted by atomic mass is 9.81. The molecule has 0 aliphatic carbocycles. The Morgan fingerprint density at radius 1 is 1.05 bits per heavy atom. The minimum absolute atomic E-state index is 0.0233. The second-order valence-corrected chi connectivity index (χ2v) is 8.52. The molecular weight excluding hydrogens is 500 g/mol. The number of hydrogen-bond donors (Lipinski definition) is 2. The number of nitrogens with zero attached hydrogens (tertiary/aromatic N) is 1. The second kappa shape index (κ2) is 12.4. The van der Waals surface area contributed by atoms with E-state index in [-0.39, 0.29) is 23.7 Å². The number of alkyl halides is 3. The summed E-state index contributed by atoms with van der Waals surface area (Å²) in [6.07, 6.45) is -3.35. The number of carbonyl (C=O) groups excluding carboxylic acids is 1. The summed E-state index contributed by atoms with van der Waals surface area (Å²) in [5, 5.41) is 22.3. The Labute approximate surface area is 219 Å². The maximum atomic E-state index is 12.7. The molecule has 1 atom stereocenters. The van der Waals surface area contributed by atoms with Crippen molar-refractivity contribution in [3.63, 3.8) is 0 Å². The molecule has 3 aromatic carbocycles. The third-order valence-corrected chi connectivity index (χ3v) is 5.36. The van der Waals surface area contributed by atoms with Crippen LogP contribution >= 0.6 is 0 Å². The molecule has 0 spiro atoms. The lowest BCUT2D eigenvalue weighted by Gasteiger charge is -2.25. The zero-order valence-corrected chi connectivity index (χ0v) is 20.7. The maximum absolute atomic E-state index is 12.7. The van der Waals surface area contributed by atoms with Crippen molar-refractivity contribution < 1.29 is 37.2 Å². The number of carbonyl (C=O) groups is 1. The fraction of sp³-hybridized carbons (Fsp3) is 0.259. The van der Waals surface area contributed by atoms with Crippen molar-refractivity contribution in [2.45, 2.75) is 38.6 Å². The number of aryl methyl sites for hydroxylation is 1. The Bertz CT molecular complexity index is 1280. The van der Waals surface area contributed by atoms with Crippen LogP contribution in [-0.4, -0.2) is 36.9 Å². The molecule has 0 heterocycles. The van der Waals surface area contributed by atoms with Crippen LogP contribution in [0.2, 0.25) is 0 Å². The SMILES string of the molecule is CCCc1ccc(OCC(C)(C#N)NC(=O)c2ccc(OC(F)(F)F)cc2)c(Oc2ccccc2)c1[B]O. The first-order valence-corrected chi connectivity index (χ1v) is 11.7. The first-order valence-electron chi connectivity index (χ1n) is 11.7. The number of halogens is 3. The quantitative estimate of drug-likeness (QED) is 0.354. The molecule has 3 aromatic rings. The summed E-state index contributed by atoms with van der Waals surface area (Å²) >= 11 is 0. The van der Waals surface area contributed by atoms with Gasteiger partial charge in [0.05, 0.1) is 6.07 Å². The van der Waals surface area contributed by atoms with Gasteiger partial charge >= 0.3 is 13.8 Å². The van der Waals surface area contributed by atoms with Gasteiger partial charge in [-0.1, -0.05) is 37.6 Å². The van der Waals surface area contributed by atoms with Crippen LogP contribution in [0.5, 0.6) is 23.0 Å². The van der Waals surface area contributed by atoms with Gasteiger partial charge in [0.25, 0.3) is 5.91 Å². The molecule has 0 aliphatic rings. The van der Waals surface area contributed by atoms with E-state index in [1.165, 1.54) is 6.92 Å². The second-order valence-electron chi connectivity index (χ2n) is 8.52. The lowest BCUT2D eigenvalue weighted by molar-refractivity contribution is -0.274. The van der Waals surface area contributed by atoms with Crippen molar-refractivity contribution >= 4 is 18.9 Å². The molecule has 1 amide bonds. The third kappa shape index (κ3) is 7.67. The number of amides is 1. The molecule has 1 radical (unpaired) electrons. The molecule has 7 nitrogen and oxygen atoms in total. The summed E-state index contributed by atoms with van der Waals surface area (Å²) in [6, 6.07) is 18.6. The number of ether oxygens (including phenoxy) is 3. The molecule has 0 saturated carbocycles. The minimum Gasteiger partial charge on any atom is -0.486 e. The zero-order chi connectivity index (χ0) is 27.8. The van der Waals surface area contributed by atoms with E-state index in [2.05, 4.69) is 10.1 Å². The zero-order valence-electron chi connectivity index (χ0n) is 20.7. The Hall–Kier alpha value is -4.17. The van der Waals surface area contributed by atoms with Gasteiger partial charge in [-0.05, 0) is 66.8 Å².